The molecule has 0 saturated carbocycles. The Balaban J connectivity index is 1.79. The number of imidazole rings is 1. The molecule has 0 saturated heterocycles. The van der Waals surface area contributed by atoms with E-state index in [1.54, 1.807) is 22.7 Å². The largest absolute Gasteiger partial charge is 0.347 e. The second kappa shape index (κ2) is 6.66. The summed E-state index contributed by atoms with van der Waals surface area (Å²) < 4.78 is 24.3. The number of nitrogens with zero attached hydrogens (tertiary/aromatic N) is 2. The molecular formula is C17H18N4O3S. The highest BCUT2D eigenvalue weighted by Gasteiger charge is 2.17. The van der Waals surface area contributed by atoms with Gasteiger partial charge in [-0.15, -0.1) is 0 Å². The van der Waals surface area contributed by atoms with Crippen molar-refractivity contribution in [3.05, 3.63) is 65.6 Å². The van der Waals surface area contributed by atoms with E-state index in [-0.39, 0.29) is 17.3 Å². The molecule has 0 aliphatic carbocycles. The molecule has 1 aromatic carbocycles. The molecule has 3 N–H and O–H groups in total. The first-order chi connectivity index (χ1) is 11.9. The van der Waals surface area contributed by atoms with Gasteiger partial charge in [0.15, 0.2) is 0 Å². The van der Waals surface area contributed by atoms with Crippen molar-refractivity contribution in [2.45, 2.75) is 24.8 Å². The minimum atomic E-state index is -3.72. The van der Waals surface area contributed by atoms with E-state index in [1.165, 1.54) is 12.1 Å². The van der Waals surface area contributed by atoms with Crippen molar-refractivity contribution < 1.29 is 13.2 Å². The van der Waals surface area contributed by atoms with Crippen LogP contribution in [-0.2, 0) is 23.0 Å². The fraction of sp³-hybridized carbons (Fsp3) is 0.176. The van der Waals surface area contributed by atoms with Gasteiger partial charge in [-0.25, -0.2) is 18.5 Å². The van der Waals surface area contributed by atoms with Gasteiger partial charge in [-0.05, 0) is 36.2 Å². The lowest BCUT2D eigenvalue weighted by Crippen LogP contribution is -2.25. The van der Waals surface area contributed by atoms with Crippen LogP contribution in [0.15, 0.2) is 53.6 Å². The van der Waals surface area contributed by atoms with Crippen LogP contribution in [0.3, 0.4) is 0 Å². The number of carbonyl (C=O) groups is 1. The Morgan fingerprint density at radius 1 is 1.20 bits per heavy atom. The van der Waals surface area contributed by atoms with Gasteiger partial charge in [0, 0.05) is 12.7 Å². The van der Waals surface area contributed by atoms with Crippen LogP contribution in [0.4, 0.5) is 0 Å². The number of aryl methyl sites for hydroxylation is 1. The van der Waals surface area contributed by atoms with E-state index in [9.17, 15) is 13.2 Å². The molecule has 0 aliphatic rings. The van der Waals surface area contributed by atoms with Gasteiger partial charge in [0.05, 0.1) is 10.6 Å². The molecule has 0 atom stereocenters. The summed E-state index contributed by atoms with van der Waals surface area (Å²) in [6.07, 6.45) is 2.45. The third kappa shape index (κ3) is 3.54. The molecule has 3 rings (SSSR count). The summed E-state index contributed by atoms with van der Waals surface area (Å²) in [6, 6.07) is 11.6. The smallest absolute Gasteiger partial charge is 0.270 e. The SMILES string of the molecule is CCc1nc2ccccn2c1C(=O)NCc1ccc(S(N)(=O)=O)cc1. The first-order valence-electron chi connectivity index (χ1n) is 7.76. The zero-order valence-electron chi connectivity index (χ0n) is 13.6. The molecule has 3 aromatic rings. The Morgan fingerprint density at radius 2 is 1.92 bits per heavy atom. The summed E-state index contributed by atoms with van der Waals surface area (Å²) in [4.78, 5) is 17.1. The van der Waals surface area contributed by atoms with Crippen LogP contribution in [0, 0.1) is 0 Å². The van der Waals surface area contributed by atoms with Crippen LogP contribution in [-0.4, -0.2) is 23.7 Å². The summed E-state index contributed by atoms with van der Waals surface area (Å²) in [5.74, 6) is -0.230. The third-order valence-corrected chi connectivity index (χ3v) is 4.79. The van der Waals surface area contributed by atoms with Gasteiger partial charge in [0.1, 0.15) is 11.3 Å². The molecule has 0 aliphatic heterocycles. The maximum absolute atomic E-state index is 12.6. The molecule has 0 bridgehead atoms. The van der Waals surface area contributed by atoms with Crippen LogP contribution >= 0.6 is 0 Å². The second-order valence-electron chi connectivity index (χ2n) is 5.56. The van der Waals surface area contributed by atoms with Crippen molar-refractivity contribution in [1.82, 2.24) is 14.7 Å². The Bertz CT molecular complexity index is 1020. The number of hydrogen-bond acceptors (Lipinski definition) is 4. The zero-order valence-corrected chi connectivity index (χ0v) is 14.5. The van der Waals surface area contributed by atoms with E-state index in [0.717, 1.165) is 16.9 Å². The predicted octanol–water partition coefficient (Wildman–Crippen LogP) is 1.47. The maximum atomic E-state index is 12.6. The van der Waals surface area contributed by atoms with Crippen LogP contribution in [0.5, 0.6) is 0 Å². The van der Waals surface area contributed by atoms with Gasteiger partial charge >= 0.3 is 0 Å². The van der Waals surface area contributed by atoms with E-state index in [2.05, 4.69) is 10.3 Å². The number of benzene rings is 1. The lowest BCUT2D eigenvalue weighted by molar-refractivity contribution is 0.0944. The van der Waals surface area contributed by atoms with Gasteiger partial charge in [-0.1, -0.05) is 25.1 Å². The van der Waals surface area contributed by atoms with E-state index in [1.807, 2.05) is 25.1 Å². The molecule has 0 spiro atoms. The number of aromatic nitrogens is 2. The maximum Gasteiger partial charge on any atom is 0.270 e. The van der Waals surface area contributed by atoms with E-state index in [0.29, 0.717) is 12.1 Å². The monoisotopic (exact) mass is 358 g/mol. The summed E-state index contributed by atoms with van der Waals surface area (Å²) in [7, 11) is -3.72. The number of primary sulfonamides is 1. The van der Waals surface area contributed by atoms with Crippen molar-refractivity contribution in [1.29, 1.82) is 0 Å². The number of rotatable bonds is 5. The molecule has 2 aromatic heterocycles. The first kappa shape index (κ1) is 17.1. The topological polar surface area (TPSA) is 107 Å². The molecule has 130 valence electrons. The average molecular weight is 358 g/mol. The lowest BCUT2D eigenvalue weighted by Gasteiger charge is -2.07. The van der Waals surface area contributed by atoms with Gasteiger partial charge in [0.2, 0.25) is 10.0 Å². The third-order valence-electron chi connectivity index (χ3n) is 3.86. The van der Waals surface area contributed by atoms with Crippen molar-refractivity contribution in [2.24, 2.45) is 5.14 Å². The normalized spacial score (nSPS) is 11.6. The molecule has 25 heavy (non-hydrogen) atoms. The van der Waals surface area contributed by atoms with Crippen LogP contribution in [0.2, 0.25) is 0 Å². The first-order valence-corrected chi connectivity index (χ1v) is 9.30. The molecule has 1 amide bonds. The van der Waals surface area contributed by atoms with Crippen molar-refractivity contribution >= 4 is 21.6 Å². The minimum Gasteiger partial charge on any atom is -0.347 e. The predicted molar refractivity (Wildman–Crippen MR) is 93.6 cm³/mol. The fourth-order valence-electron chi connectivity index (χ4n) is 2.59. The number of sulfonamides is 1. The van der Waals surface area contributed by atoms with Crippen molar-refractivity contribution in [3.8, 4) is 0 Å². The lowest BCUT2D eigenvalue weighted by atomic mass is 10.2. The molecule has 7 nitrogen and oxygen atoms in total. The fourth-order valence-corrected chi connectivity index (χ4v) is 3.11. The summed E-state index contributed by atoms with van der Waals surface area (Å²) in [5, 5.41) is 7.92. The second-order valence-corrected chi connectivity index (χ2v) is 7.12. The highest BCUT2D eigenvalue weighted by atomic mass is 32.2. The Hall–Kier alpha value is -2.71. The zero-order chi connectivity index (χ0) is 18.0. The van der Waals surface area contributed by atoms with Gasteiger partial charge < -0.3 is 5.32 Å². The van der Waals surface area contributed by atoms with Gasteiger partial charge in [-0.3, -0.25) is 9.20 Å². The number of pyridine rings is 1. The quantitative estimate of drug-likeness (QED) is 0.720. The highest BCUT2D eigenvalue weighted by Crippen LogP contribution is 2.14. The van der Waals surface area contributed by atoms with E-state index >= 15 is 0 Å². The van der Waals surface area contributed by atoms with Crippen molar-refractivity contribution in [3.63, 3.8) is 0 Å². The van der Waals surface area contributed by atoms with Crippen LogP contribution in [0.1, 0.15) is 28.7 Å². The minimum absolute atomic E-state index is 0.0395. The molecule has 0 unspecified atom stereocenters. The summed E-state index contributed by atoms with van der Waals surface area (Å²) in [5.41, 5.74) is 2.74. The Kier molecular flexibility index (Phi) is 4.56. The molecular weight excluding hydrogens is 340 g/mol. The van der Waals surface area contributed by atoms with Gasteiger partial charge in [0.25, 0.3) is 5.91 Å². The van der Waals surface area contributed by atoms with E-state index < -0.39 is 10.0 Å². The summed E-state index contributed by atoms with van der Waals surface area (Å²) in [6.45, 7) is 2.22. The van der Waals surface area contributed by atoms with Crippen LogP contribution < -0.4 is 10.5 Å². The highest BCUT2D eigenvalue weighted by molar-refractivity contribution is 7.89. The Morgan fingerprint density at radius 3 is 2.56 bits per heavy atom. The van der Waals surface area contributed by atoms with Gasteiger partial charge in [-0.2, -0.15) is 0 Å². The Labute approximate surface area is 145 Å². The van der Waals surface area contributed by atoms with Crippen molar-refractivity contribution in [2.75, 3.05) is 0 Å². The average Bonchev–Trinajstić information content (AvgIpc) is 2.98. The molecule has 0 radical (unpaired) electrons. The number of nitrogens with one attached hydrogen (secondary N) is 1. The molecule has 0 fully saturated rings. The number of hydrogen-bond donors (Lipinski definition) is 2. The number of carbonyl (C=O) groups excluding carboxylic acids is 1. The van der Waals surface area contributed by atoms with E-state index in [4.69, 9.17) is 5.14 Å². The molecule has 2 heterocycles. The number of nitrogens with two attached hydrogens (primary N) is 1. The summed E-state index contributed by atoms with van der Waals surface area (Å²) >= 11 is 0. The number of fused-ring (bicyclic) bond motifs is 1. The molecule has 8 heteroatoms. The standard InChI is InChI=1S/C17H18N4O3S/c1-2-14-16(21-10-4-3-5-15(21)20-14)17(22)19-11-12-6-8-13(9-7-12)25(18,23)24/h3-10H,2,11H2,1H3,(H,19,22)(H2,18,23,24). The van der Waals surface area contributed by atoms with Crippen LogP contribution in [0.25, 0.3) is 5.65 Å². The number of amides is 1.